The van der Waals surface area contributed by atoms with Crippen LogP contribution >= 0.6 is 0 Å². The summed E-state index contributed by atoms with van der Waals surface area (Å²) >= 11 is 0. The molecule has 0 saturated carbocycles. The molecule has 1 saturated heterocycles. The first-order chi connectivity index (χ1) is 12.2. The van der Waals surface area contributed by atoms with Crippen molar-refractivity contribution in [3.8, 4) is 23.8 Å². The zero-order valence-electron chi connectivity index (χ0n) is 14.2. The van der Waals surface area contributed by atoms with Gasteiger partial charge in [-0.3, -0.25) is 4.79 Å². The molecular weight excluding hydrogens is 314 g/mol. The first-order valence-electron chi connectivity index (χ1n) is 8.78. The topological polar surface area (TPSA) is 38.8 Å². The Morgan fingerprint density at radius 2 is 1.92 bits per heavy atom. The quantitative estimate of drug-likeness (QED) is 0.636. The van der Waals surface area contributed by atoms with Crippen LogP contribution in [0.3, 0.4) is 0 Å². The standard InChI is InChI=1S/C21H21NO3/c1-2-15-5-7-22(14-15)8-6-19(23)17-4-3-16-12-20-21(13-18(16)11-17)25-10-9-24-20/h1,3-4,11-13,15H,5-10,14H2. The van der Waals surface area contributed by atoms with Crippen LogP contribution in [0.25, 0.3) is 10.8 Å². The number of carbonyl (C=O) groups excluding carboxylic acids is 1. The highest BCUT2D eigenvalue weighted by molar-refractivity contribution is 6.00. The molecule has 128 valence electrons. The number of hydrogen-bond donors (Lipinski definition) is 0. The monoisotopic (exact) mass is 335 g/mol. The SMILES string of the molecule is C#CC1CCN(CCC(=O)c2ccc3cc4c(cc3c2)OCCO4)C1. The van der Waals surface area contributed by atoms with E-state index in [1.807, 2.05) is 30.3 Å². The number of ketones is 1. The Balaban J connectivity index is 1.47. The Morgan fingerprint density at radius 1 is 1.16 bits per heavy atom. The summed E-state index contributed by atoms with van der Waals surface area (Å²) in [4.78, 5) is 14.8. The third-order valence-corrected chi connectivity index (χ3v) is 4.99. The number of Topliss-reactive ketones (excluding diaryl/α,β-unsaturated/α-hetero) is 1. The van der Waals surface area contributed by atoms with Crippen LogP contribution in [-0.4, -0.2) is 43.5 Å². The van der Waals surface area contributed by atoms with Crippen LogP contribution in [0.4, 0.5) is 0 Å². The summed E-state index contributed by atoms with van der Waals surface area (Å²) in [6, 6.07) is 9.75. The Morgan fingerprint density at radius 3 is 2.64 bits per heavy atom. The number of hydrogen-bond acceptors (Lipinski definition) is 4. The van der Waals surface area contributed by atoms with E-state index in [0.29, 0.717) is 25.6 Å². The summed E-state index contributed by atoms with van der Waals surface area (Å²) in [7, 11) is 0. The molecule has 1 fully saturated rings. The van der Waals surface area contributed by atoms with Crippen molar-refractivity contribution < 1.29 is 14.3 Å². The van der Waals surface area contributed by atoms with Crippen molar-refractivity contribution in [3.05, 3.63) is 35.9 Å². The maximum atomic E-state index is 12.6. The van der Waals surface area contributed by atoms with E-state index < -0.39 is 0 Å². The highest BCUT2D eigenvalue weighted by Crippen LogP contribution is 2.35. The highest BCUT2D eigenvalue weighted by atomic mass is 16.6. The van der Waals surface area contributed by atoms with E-state index in [9.17, 15) is 4.79 Å². The van der Waals surface area contributed by atoms with Gasteiger partial charge in [0.2, 0.25) is 0 Å². The van der Waals surface area contributed by atoms with Crippen LogP contribution in [0.5, 0.6) is 11.5 Å². The number of carbonyl (C=O) groups is 1. The molecule has 1 atom stereocenters. The van der Waals surface area contributed by atoms with E-state index in [-0.39, 0.29) is 5.78 Å². The van der Waals surface area contributed by atoms with Gasteiger partial charge in [-0.05, 0) is 41.9 Å². The van der Waals surface area contributed by atoms with Crippen molar-refractivity contribution >= 4 is 16.6 Å². The molecule has 0 aromatic heterocycles. The summed E-state index contributed by atoms with van der Waals surface area (Å²) < 4.78 is 11.2. The van der Waals surface area contributed by atoms with Crippen LogP contribution < -0.4 is 9.47 Å². The molecule has 0 bridgehead atoms. The lowest BCUT2D eigenvalue weighted by atomic mass is 10.0. The Labute approximate surface area is 147 Å². The van der Waals surface area contributed by atoms with Gasteiger partial charge in [-0.15, -0.1) is 12.3 Å². The van der Waals surface area contributed by atoms with Gasteiger partial charge >= 0.3 is 0 Å². The van der Waals surface area contributed by atoms with Crippen molar-refractivity contribution in [2.45, 2.75) is 12.8 Å². The van der Waals surface area contributed by atoms with Crippen molar-refractivity contribution in [2.24, 2.45) is 5.92 Å². The molecule has 25 heavy (non-hydrogen) atoms. The van der Waals surface area contributed by atoms with E-state index in [0.717, 1.165) is 53.9 Å². The van der Waals surface area contributed by atoms with Crippen molar-refractivity contribution in [1.82, 2.24) is 4.90 Å². The molecule has 0 N–H and O–H groups in total. The molecule has 2 heterocycles. The van der Waals surface area contributed by atoms with Crippen LogP contribution in [0, 0.1) is 18.3 Å². The predicted octanol–water partition coefficient (Wildman–Crippen LogP) is 3.14. The molecule has 0 aliphatic carbocycles. The van der Waals surface area contributed by atoms with Crippen LogP contribution in [-0.2, 0) is 0 Å². The Kier molecular flexibility index (Phi) is 4.33. The molecule has 0 radical (unpaired) electrons. The van der Waals surface area contributed by atoms with Gasteiger partial charge in [0.25, 0.3) is 0 Å². The van der Waals surface area contributed by atoms with Gasteiger partial charge in [0.1, 0.15) is 13.2 Å². The minimum Gasteiger partial charge on any atom is -0.486 e. The molecular formula is C21H21NO3. The van der Waals surface area contributed by atoms with Crippen LogP contribution in [0.15, 0.2) is 30.3 Å². The number of benzene rings is 2. The fourth-order valence-corrected chi connectivity index (χ4v) is 3.53. The second-order valence-electron chi connectivity index (χ2n) is 6.68. The molecule has 2 aliphatic heterocycles. The molecule has 4 nitrogen and oxygen atoms in total. The molecule has 0 spiro atoms. The summed E-state index contributed by atoms with van der Waals surface area (Å²) in [6.07, 6.45) is 7.04. The first-order valence-corrected chi connectivity index (χ1v) is 8.78. The maximum Gasteiger partial charge on any atom is 0.164 e. The van der Waals surface area contributed by atoms with Gasteiger partial charge in [0.05, 0.1) is 0 Å². The third kappa shape index (κ3) is 3.33. The lowest BCUT2D eigenvalue weighted by Crippen LogP contribution is -2.23. The lowest BCUT2D eigenvalue weighted by Gasteiger charge is -2.19. The summed E-state index contributed by atoms with van der Waals surface area (Å²) in [5.74, 6) is 4.84. The number of fused-ring (bicyclic) bond motifs is 2. The first kappa shape index (κ1) is 16.0. The summed E-state index contributed by atoms with van der Waals surface area (Å²) in [5, 5.41) is 2.06. The molecule has 4 heteroatoms. The van der Waals surface area contributed by atoms with Crippen molar-refractivity contribution in [2.75, 3.05) is 32.8 Å². The van der Waals surface area contributed by atoms with Gasteiger partial charge in [0, 0.05) is 31.0 Å². The Hall–Kier alpha value is -2.51. The minimum absolute atomic E-state index is 0.168. The molecule has 2 aromatic rings. The number of ether oxygens (including phenoxy) is 2. The zero-order chi connectivity index (χ0) is 17.2. The number of terminal acetylenes is 1. The van der Waals surface area contributed by atoms with Gasteiger partial charge in [-0.2, -0.15) is 0 Å². The third-order valence-electron chi connectivity index (χ3n) is 4.99. The molecule has 0 amide bonds. The molecule has 1 unspecified atom stereocenters. The molecule has 4 rings (SSSR count). The fraction of sp³-hybridized carbons (Fsp3) is 0.381. The van der Waals surface area contributed by atoms with Crippen molar-refractivity contribution in [3.63, 3.8) is 0 Å². The van der Waals surface area contributed by atoms with Gasteiger partial charge < -0.3 is 14.4 Å². The number of rotatable bonds is 4. The second kappa shape index (κ2) is 6.78. The van der Waals surface area contributed by atoms with Gasteiger partial charge in [0.15, 0.2) is 17.3 Å². The van der Waals surface area contributed by atoms with Crippen LogP contribution in [0.1, 0.15) is 23.2 Å². The zero-order valence-corrected chi connectivity index (χ0v) is 14.2. The van der Waals surface area contributed by atoms with Crippen molar-refractivity contribution in [1.29, 1.82) is 0 Å². The molecule has 2 aliphatic rings. The summed E-state index contributed by atoms with van der Waals surface area (Å²) in [6.45, 7) is 3.81. The van der Waals surface area contributed by atoms with E-state index in [2.05, 4.69) is 10.8 Å². The van der Waals surface area contributed by atoms with E-state index >= 15 is 0 Å². The minimum atomic E-state index is 0.168. The van der Waals surface area contributed by atoms with Gasteiger partial charge in [-0.25, -0.2) is 0 Å². The maximum absolute atomic E-state index is 12.6. The fourth-order valence-electron chi connectivity index (χ4n) is 3.53. The largest absolute Gasteiger partial charge is 0.486 e. The normalized spacial score (nSPS) is 19.7. The average Bonchev–Trinajstić information content (AvgIpc) is 3.12. The Bertz CT molecular complexity index is 852. The van der Waals surface area contributed by atoms with Crippen LogP contribution in [0.2, 0.25) is 0 Å². The average molecular weight is 335 g/mol. The summed E-state index contributed by atoms with van der Waals surface area (Å²) in [5.41, 5.74) is 0.747. The highest BCUT2D eigenvalue weighted by Gasteiger charge is 2.21. The smallest absolute Gasteiger partial charge is 0.164 e. The second-order valence-corrected chi connectivity index (χ2v) is 6.68. The van der Waals surface area contributed by atoms with E-state index in [1.54, 1.807) is 0 Å². The lowest BCUT2D eigenvalue weighted by molar-refractivity contribution is 0.0968. The number of nitrogens with zero attached hydrogens (tertiary/aromatic N) is 1. The van der Waals surface area contributed by atoms with Gasteiger partial charge in [-0.1, -0.05) is 12.1 Å². The number of likely N-dealkylation sites (tertiary alicyclic amines) is 1. The predicted molar refractivity (Wildman–Crippen MR) is 97.3 cm³/mol. The van der Waals surface area contributed by atoms with E-state index in [1.165, 1.54) is 0 Å². The molecule has 2 aromatic carbocycles. The van der Waals surface area contributed by atoms with E-state index in [4.69, 9.17) is 15.9 Å².